The van der Waals surface area contributed by atoms with Crippen molar-refractivity contribution < 1.29 is 4.79 Å². The number of amides is 1. The number of halogens is 2. The molecular formula is C14H20Cl2N2O. The zero-order chi connectivity index (χ0) is 12.8. The second kappa shape index (κ2) is 8.41. The Balaban J connectivity index is 0.00000180. The summed E-state index contributed by atoms with van der Waals surface area (Å²) >= 11 is 5.92. The highest BCUT2D eigenvalue weighted by Gasteiger charge is 2.18. The molecule has 1 amide bonds. The number of nitrogens with zero attached hydrogens (tertiary/aromatic N) is 1. The van der Waals surface area contributed by atoms with Crippen LogP contribution < -0.4 is 5.32 Å². The molecule has 1 heterocycles. The smallest absolute Gasteiger partial charge is 0.222 e. The van der Waals surface area contributed by atoms with E-state index in [9.17, 15) is 4.79 Å². The molecule has 19 heavy (non-hydrogen) atoms. The number of rotatable bonds is 6. The maximum atomic E-state index is 11.4. The lowest BCUT2D eigenvalue weighted by Gasteiger charge is -2.15. The fraction of sp³-hybridized carbons (Fsp3) is 0.500. The fourth-order valence-corrected chi connectivity index (χ4v) is 2.43. The zero-order valence-corrected chi connectivity index (χ0v) is 12.5. The second-order valence-electron chi connectivity index (χ2n) is 4.64. The average molecular weight is 303 g/mol. The minimum atomic E-state index is 0. The van der Waals surface area contributed by atoms with Gasteiger partial charge in [-0.3, -0.25) is 4.79 Å². The Hall–Kier alpha value is -0.770. The monoisotopic (exact) mass is 302 g/mol. The van der Waals surface area contributed by atoms with Gasteiger partial charge < -0.3 is 10.2 Å². The molecular weight excluding hydrogens is 283 g/mol. The summed E-state index contributed by atoms with van der Waals surface area (Å²) in [5.74, 6) is 0.310. The minimum Gasteiger partial charge on any atom is -0.343 e. The van der Waals surface area contributed by atoms with E-state index >= 15 is 0 Å². The first-order valence-electron chi connectivity index (χ1n) is 6.48. The van der Waals surface area contributed by atoms with Crippen LogP contribution in [-0.4, -0.2) is 30.4 Å². The molecule has 1 saturated heterocycles. The predicted octanol–water partition coefficient (Wildman–Crippen LogP) is 2.86. The maximum absolute atomic E-state index is 11.4. The molecule has 1 aromatic carbocycles. The SMILES string of the molecule is Cl.O=C1CCCN1CCCNCc1cccc(Cl)c1. The van der Waals surface area contributed by atoms with Crippen molar-refractivity contribution in [1.29, 1.82) is 0 Å². The molecule has 1 fully saturated rings. The number of nitrogens with one attached hydrogen (secondary N) is 1. The van der Waals surface area contributed by atoms with Crippen molar-refractivity contribution in [2.45, 2.75) is 25.8 Å². The lowest BCUT2D eigenvalue weighted by molar-refractivity contribution is -0.127. The third-order valence-corrected chi connectivity index (χ3v) is 3.41. The van der Waals surface area contributed by atoms with Crippen molar-refractivity contribution in [2.24, 2.45) is 0 Å². The van der Waals surface area contributed by atoms with Gasteiger partial charge in [-0.05, 0) is 37.1 Å². The van der Waals surface area contributed by atoms with Gasteiger partial charge in [0.1, 0.15) is 0 Å². The third-order valence-electron chi connectivity index (χ3n) is 3.17. The van der Waals surface area contributed by atoms with Gasteiger partial charge in [-0.2, -0.15) is 0 Å². The molecule has 3 nitrogen and oxygen atoms in total. The first-order chi connectivity index (χ1) is 8.75. The van der Waals surface area contributed by atoms with Crippen LogP contribution in [0, 0.1) is 0 Å². The predicted molar refractivity (Wildman–Crippen MR) is 80.8 cm³/mol. The van der Waals surface area contributed by atoms with Gasteiger partial charge in [-0.15, -0.1) is 12.4 Å². The molecule has 106 valence electrons. The Labute approximate surface area is 125 Å². The standard InChI is InChI=1S/C14H19ClN2O.ClH/c15-13-5-1-4-12(10-13)11-16-7-3-9-17-8-2-6-14(17)18;/h1,4-5,10,16H,2-3,6-9,11H2;1H. The Morgan fingerprint density at radius 3 is 2.89 bits per heavy atom. The lowest BCUT2D eigenvalue weighted by Crippen LogP contribution is -2.28. The van der Waals surface area contributed by atoms with Gasteiger partial charge in [0.2, 0.25) is 5.91 Å². The van der Waals surface area contributed by atoms with Crippen LogP contribution in [0.15, 0.2) is 24.3 Å². The van der Waals surface area contributed by atoms with E-state index in [0.29, 0.717) is 5.91 Å². The third kappa shape index (κ3) is 5.39. The van der Waals surface area contributed by atoms with Gasteiger partial charge >= 0.3 is 0 Å². The molecule has 1 aromatic rings. The summed E-state index contributed by atoms with van der Waals surface area (Å²) in [4.78, 5) is 13.3. The highest BCUT2D eigenvalue weighted by molar-refractivity contribution is 6.30. The molecule has 0 unspecified atom stereocenters. The van der Waals surface area contributed by atoms with Crippen molar-refractivity contribution in [1.82, 2.24) is 10.2 Å². The number of benzene rings is 1. The normalized spacial score (nSPS) is 14.6. The molecule has 0 bridgehead atoms. The first kappa shape index (κ1) is 16.3. The van der Waals surface area contributed by atoms with E-state index in [2.05, 4.69) is 11.4 Å². The molecule has 1 N–H and O–H groups in total. The average Bonchev–Trinajstić information content (AvgIpc) is 2.75. The van der Waals surface area contributed by atoms with Gasteiger partial charge in [0, 0.05) is 31.1 Å². The Kier molecular flexibility index (Phi) is 7.21. The van der Waals surface area contributed by atoms with Crippen LogP contribution in [-0.2, 0) is 11.3 Å². The van der Waals surface area contributed by atoms with Crippen LogP contribution >= 0.6 is 24.0 Å². The van der Waals surface area contributed by atoms with Crippen molar-refractivity contribution >= 4 is 29.9 Å². The van der Waals surface area contributed by atoms with Gasteiger partial charge in [-0.25, -0.2) is 0 Å². The van der Waals surface area contributed by atoms with Gasteiger partial charge in [-0.1, -0.05) is 23.7 Å². The van der Waals surface area contributed by atoms with E-state index in [1.54, 1.807) is 0 Å². The van der Waals surface area contributed by atoms with Gasteiger partial charge in [0.05, 0.1) is 0 Å². The summed E-state index contributed by atoms with van der Waals surface area (Å²) in [5.41, 5.74) is 1.19. The summed E-state index contributed by atoms with van der Waals surface area (Å²) in [7, 11) is 0. The maximum Gasteiger partial charge on any atom is 0.222 e. The molecule has 5 heteroatoms. The molecule has 0 atom stereocenters. The van der Waals surface area contributed by atoms with Crippen molar-refractivity contribution in [3.05, 3.63) is 34.9 Å². The van der Waals surface area contributed by atoms with E-state index < -0.39 is 0 Å². The summed E-state index contributed by atoms with van der Waals surface area (Å²) in [6, 6.07) is 7.87. The molecule has 1 aliphatic rings. The Morgan fingerprint density at radius 2 is 2.21 bits per heavy atom. The van der Waals surface area contributed by atoms with E-state index in [-0.39, 0.29) is 12.4 Å². The summed E-state index contributed by atoms with van der Waals surface area (Å²) in [5, 5.41) is 4.15. The summed E-state index contributed by atoms with van der Waals surface area (Å²) < 4.78 is 0. The van der Waals surface area contributed by atoms with E-state index in [4.69, 9.17) is 11.6 Å². The quantitative estimate of drug-likeness (QED) is 0.820. The number of carbonyl (C=O) groups is 1. The summed E-state index contributed by atoms with van der Waals surface area (Å²) in [6.07, 6.45) is 2.76. The van der Waals surface area contributed by atoms with Crippen LogP contribution in [0.5, 0.6) is 0 Å². The number of carbonyl (C=O) groups excluding carboxylic acids is 1. The van der Waals surface area contributed by atoms with E-state index in [1.165, 1.54) is 5.56 Å². The first-order valence-corrected chi connectivity index (χ1v) is 6.86. The van der Waals surface area contributed by atoms with Crippen molar-refractivity contribution in [2.75, 3.05) is 19.6 Å². The molecule has 0 saturated carbocycles. The van der Waals surface area contributed by atoms with Crippen LogP contribution in [0.3, 0.4) is 0 Å². The zero-order valence-electron chi connectivity index (χ0n) is 10.9. The van der Waals surface area contributed by atoms with Crippen molar-refractivity contribution in [3.63, 3.8) is 0 Å². The molecule has 0 aromatic heterocycles. The highest BCUT2D eigenvalue weighted by Crippen LogP contribution is 2.11. The molecule has 2 rings (SSSR count). The molecule has 1 aliphatic heterocycles. The highest BCUT2D eigenvalue weighted by atomic mass is 35.5. The topological polar surface area (TPSA) is 32.3 Å². The summed E-state index contributed by atoms with van der Waals surface area (Å²) in [6.45, 7) is 3.57. The van der Waals surface area contributed by atoms with Crippen LogP contribution in [0.1, 0.15) is 24.8 Å². The van der Waals surface area contributed by atoms with E-state index in [0.717, 1.165) is 50.5 Å². The lowest BCUT2D eigenvalue weighted by atomic mass is 10.2. The molecule has 0 radical (unpaired) electrons. The van der Waals surface area contributed by atoms with Crippen LogP contribution in [0.2, 0.25) is 5.02 Å². The number of hydrogen-bond donors (Lipinski definition) is 1. The van der Waals surface area contributed by atoms with E-state index in [1.807, 2.05) is 23.1 Å². The van der Waals surface area contributed by atoms with Gasteiger partial charge in [0.25, 0.3) is 0 Å². The van der Waals surface area contributed by atoms with Crippen LogP contribution in [0.4, 0.5) is 0 Å². The van der Waals surface area contributed by atoms with Crippen LogP contribution in [0.25, 0.3) is 0 Å². The number of likely N-dealkylation sites (tertiary alicyclic amines) is 1. The largest absolute Gasteiger partial charge is 0.343 e. The van der Waals surface area contributed by atoms with Gasteiger partial charge in [0.15, 0.2) is 0 Å². The Morgan fingerprint density at radius 1 is 1.37 bits per heavy atom. The second-order valence-corrected chi connectivity index (χ2v) is 5.08. The number of hydrogen-bond acceptors (Lipinski definition) is 2. The molecule has 0 aliphatic carbocycles. The van der Waals surface area contributed by atoms with Crippen molar-refractivity contribution in [3.8, 4) is 0 Å². The Bertz CT molecular complexity index is 412. The minimum absolute atomic E-state index is 0. The fourth-order valence-electron chi connectivity index (χ4n) is 2.22. The molecule has 0 spiro atoms.